The van der Waals surface area contributed by atoms with Gasteiger partial charge < -0.3 is 15.2 Å². The zero-order valence-electron chi connectivity index (χ0n) is 18.8. The molecule has 1 unspecified atom stereocenters. The van der Waals surface area contributed by atoms with Gasteiger partial charge in [-0.1, -0.05) is 48.5 Å². The van der Waals surface area contributed by atoms with Gasteiger partial charge in [-0.2, -0.15) is 10.4 Å². The van der Waals surface area contributed by atoms with E-state index in [-0.39, 0.29) is 18.4 Å². The molecular formula is C27H23N5O3. The summed E-state index contributed by atoms with van der Waals surface area (Å²) < 4.78 is 7.21. The Hall–Kier alpha value is -4.77. The highest BCUT2D eigenvalue weighted by Crippen LogP contribution is 2.38. The maximum Gasteiger partial charge on any atom is 0.411 e. The molecule has 1 aromatic heterocycles. The van der Waals surface area contributed by atoms with Crippen molar-refractivity contribution in [3.8, 4) is 23.1 Å². The van der Waals surface area contributed by atoms with Gasteiger partial charge in [0.15, 0.2) is 0 Å². The predicted molar refractivity (Wildman–Crippen MR) is 132 cm³/mol. The third-order valence-electron chi connectivity index (χ3n) is 5.94. The Labute approximate surface area is 202 Å². The Morgan fingerprint density at radius 2 is 1.86 bits per heavy atom. The maximum absolute atomic E-state index is 12.6. The lowest BCUT2D eigenvalue weighted by Crippen LogP contribution is -2.26. The lowest BCUT2D eigenvalue weighted by molar-refractivity contribution is 0.155. The molecule has 174 valence electrons. The van der Waals surface area contributed by atoms with Crippen LogP contribution < -0.4 is 10.6 Å². The van der Waals surface area contributed by atoms with Gasteiger partial charge in [0.25, 0.3) is 0 Å². The van der Waals surface area contributed by atoms with Gasteiger partial charge in [0.2, 0.25) is 0 Å². The van der Waals surface area contributed by atoms with E-state index in [4.69, 9.17) is 9.84 Å². The van der Waals surface area contributed by atoms with Gasteiger partial charge in [-0.25, -0.2) is 9.48 Å². The Balaban J connectivity index is 1.44. The molecule has 1 aliphatic heterocycles. The summed E-state index contributed by atoms with van der Waals surface area (Å²) >= 11 is 0. The van der Waals surface area contributed by atoms with Crippen molar-refractivity contribution in [3.05, 3.63) is 95.6 Å². The molecule has 1 aliphatic rings. The van der Waals surface area contributed by atoms with Crippen LogP contribution in [0.4, 0.5) is 16.3 Å². The van der Waals surface area contributed by atoms with E-state index in [1.807, 2.05) is 54.6 Å². The topological polar surface area (TPSA) is 112 Å². The molecule has 0 radical (unpaired) electrons. The number of benzene rings is 3. The number of para-hydroxylation sites is 1. The first-order valence-corrected chi connectivity index (χ1v) is 11.3. The highest BCUT2D eigenvalue weighted by atomic mass is 16.5. The molecule has 3 N–H and O–H groups in total. The summed E-state index contributed by atoms with van der Waals surface area (Å²) in [6, 6.07) is 25.7. The number of hydrogen-bond donors (Lipinski definition) is 3. The van der Waals surface area contributed by atoms with Crippen molar-refractivity contribution in [1.29, 1.82) is 5.26 Å². The van der Waals surface area contributed by atoms with E-state index in [0.29, 0.717) is 35.7 Å². The molecule has 2 heterocycles. The average molecular weight is 466 g/mol. The van der Waals surface area contributed by atoms with E-state index in [0.717, 1.165) is 16.7 Å². The summed E-state index contributed by atoms with van der Waals surface area (Å²) in [4.78, 5) is 12.6. The van der Waals surface area contributed by atoms with Crippen LogP contribution in [0.15, 0.2) is 78.9 Å². The highest BCUT2D eigenvalue weighted by molar-refractivity contribution is 5.86. The second-order valence-corrected chi connectivity index (χ2v) is 8.18. The van der Waals surface area contributed by atoms with Gasteiger partial charge >= 0.3 is 6.09 Å². The molecule has 1 atom stereocenters. The molecule has 8 nitrogen and oxygen atoms in total. The van der Waals surface area contributed by atoms with Gasteiger partial charge in [-0.3, -0.25) is 5.32 Å². The molecule has 0 spiro atoms. The monoisotopic (exact) mass is 465 g/mol. The van der Waals surface area contributed by atoms with E-state index < -0.39 is 6.09 Å². The van der Waals surface area contributed by atoms with Crippen LogP contribution in [0.1, 0.15) is 29.2 Å². The number of carbonyl (C=O) groups excluding carboxylic acids is 1. The number of carbonyl (C=O) groups is 1. The third-order valence-corrected chi connectivity index (χ3v) is 5.94. The molecule has 5 rings (SSSR count). The highest BCUT2D eigenvalue weighted by Gasteiger charge is 2.29. The number of aromatic nitrogens is 2. The molecule has 8 heteroatoms. The minimum atomic E-state index is -0.543. The molecule has 0 aliphatic carbocycles. The maximum atomic E-state index is 12.6. The average Bonchev–Trinajstić information content (AvgIpc) is 3.28. The Bertz CT molecular complexity index is 1390. The van der Waals surface area contributed by atoms with Gasteiger partial charge in [-0.15, -0.1) is 0 Å². The number of nitrogens with one attached hydrogen (secondary N) is 2. The molecule has 0 saturated carbocycles. The third kappa shape index (κ3) is 4.52. The number of nitrogens with zero attached hydrogens (tertiary/aromatic N) is 3. The number of anilines is 2. The number of nitriles is 1. The van der Waals surface area contributed by atoms with E-state index in [1.54, 1.807) is 28.9 Å². The summed E-state index contributed by atoms with van der Waals surface area (Å²) in [5.74, 6) is 0.777. The normalized spacial score (nSPS) is 14.3. The van der Waals surface area contributed by atoms with Crippen molar-refractivity contribution in [2.24, 2.45) is 0 Å². The van der Waals surface area contributed by atoms with Crippen molar-refractivity contribution in [2.75, 3.05) is 17.2 Å². The van der Waals surface area contributed by atoms with Crippen LogP contribution in [0.5, 0.6) is 5.75 Å². The van der Waals surface area contributed by atoms with E-state index in [9.17, 15) is 15.2 Å². The largest absolute Gasteiger partial charge is 0.508 e. The van der Waals surface area contributed by atoms with Crippen LogP contribution in [-0.4, -0.2) is 27.5 Å². The molecule has 3 aromatic carbocycles. The lowest BCUT2D eigenvalue weighted by Gasteiger charge is -2.27. The number of fused-ring (bicyclic) bond motifs is 1. The molecule has 0 saturated heterocycles. The van der Waals surface area contributed by atoms with Gasteiger partial charge in [0.1, 0.15) is 35.5 Å². The first kappa shape index (κ1) is 22.0. The molecule has 0 bridgehead atoms. The Kier molecular flexibility index (Phi) is 6.05. The number of amides is 1. The van der Waals surface area contributed by atoms with Crippen LogP contribution in [-0.2, 0) is 11.3 Å². The molecule has 0 fully saturated rings. The summed E-state index contributed by atoms with van der Waals surface area (Å²) in [6.07, 6.45) is 0.171. The number of rotatable bonds is 5. The van der Waals surface area contributed by atoms with Crippen molar-refractivity contribution in [2.45, 2.75) is 19.1 Å². The van der Waals surface area contributed by atoms with Gasteiger partial charge in [0.05, 0.1) is 6.04 Å². The van der Waals surface area contributed by atoms with Crippen LogP contribution in [0.25, 0.3) is 11.3 Å². The Morgan fingerprint density at radius 3 is 2.63 bits per heavy atom. The van der Waals surface area contributed by atoms with Crippen molar-refractivity contribution in [3.63, 3.8) is 0 Å². The summed E-state index contributed by atoms with van der Waals surface area (Å²) in [7, 11) is 0. The quantitative estimate of drug-likeness (QED) is 0.370. The lowest BCUT2D eigenvalue weighted by atomic mass is 10.00. The van der Waals surface area contributed by atoms with E-state index >= 15 is 0 Å². The smallest absolute Gasteiger partial charge is 0.411 e. The van der Waals surface area contributed by atoms with Crippen LogP contribution in [0, 0.1) is 11.3 Å². The number of hydrogen-bond acceptors (Lipinski definition) is 6. The summed E-state index contributed by atoms with van der Waals surface area (Å²) in [5.41, 5.74) is 4.11. The van der Waals surface area contributed by atoms with E-state index in [1.165, 1.54) is 0 Å². The molecule has 1 amide bonds. The van der Waals surface area contributed by atoms with Crippen LogP contribution in [0.3, 0.4) is 0 Å². The van der Waals surface area contributed by atoms with Gasteiger partial charge in [0, 0.05) is 23.4 Å². The second kappa shape index (κ2) is 9.61. The zero-order valence-corrected chi connectivity index (χ0v) is 18.8. The van der Waals surface area contributed by atoms with E-state index in [2.05, 4.69) is 16.7 Å². The first-order chi connectivity index (χ1) is 17.1. The summed E-state index contributed by atoms with van der Waals surface area (Å²) in [6.45, 7) is 0.819. The fourth-order valence-electron chi connectivity index (χ4n) is 4.26. The molecule has 4 aromatic rings. The number of phenols is 1. The van der Waals surface area contributed by atoms with Crippen LogP contribution in [0.2, 0.25) is 0 Å². The standard InChI is InChI=1S/C27H23N5O3/c28-16-22-25(19-10-12-20(33)13-11-19)31-32-24(14-15-29-26(22)32)21-8-4-5-9-23(21)30-27(34)35-17-18-6-2-1-3-7-18/h1-13,24,29,33H,14-15,17H2,(H,30,34). The van der Waals surface area contributed by atoms with Crippen molar-refractivity contribution < 1.29 is 14.6 Å². The zero-order chi connectivity index (χ0) is 24.2. The fourth-order valence-corrected chi connectivity index (χ4v) is 4.26. The van der Waals surface area contributed by atoms with Crippen molar-refractivity contribution in [1.82, 2.24) is 9.78 Å². The SMILES string of the molecule is N#Cc1c(-c2ccc(O)cc2)nn2c1NCCC2c1ccccc1NC(=O)OCc1ccccc1. The number of phenolic OH excluding ortho intramolecular Hbond substituents is 1. The number of ether oxygens (including phenoxy) is 1. The minimum Gasteiger partial charge on any atom is -0.508 e. The minimum absolute atomic E-state index is 0.145. The predicted octanol–water partition coefficient (Wildman–Crippen LogP) is 5.28. The van der Waals surface area contributed by atoms with Crippen LogP contribution >= 0.6 is 0 Å². The first-order valence-electron chi connectivity index (χ1n) is 11.3. The van der Waals surface area contributed by atoms with Crippen molar-refractivity contribution >= 4 is 17.6 Å². The second-order valence-electron chi connectivity index (χ2n) is 8.18. The van der Waals surface area contributed by atoms with Gasteiger partial charge in [-0.05, 0) is 42.3 Å². The summed E-state index contributed by atoms with van der Waals surface area (Å²) in [5, 5.41) is 30.5. The Morgan fingerprint density at radius 1 is 1.11 bits per heavy atom. The molecular weight excluding hydrogens is 442 g/mol. The molecule has 35 heavy (non-hydrogen) atoms. The fraction of sp³-hybridized carbons (Fsp3) is 0.148. The number of aromatic hydroxyl groups is 1.